The summed E-state index contributed by atoms with van der Waals surface area (Å²) in [7, 11) is 1.38. The lowest BCUT2D eigenvalue weighted by atomic mass is 9.91. The fourth-order valence-electron chi connectivity index (χ4n) is 2.95. The van der Waals surface area contributed by atoms with Crippen LogP contribution in [0.25, 0.3) is 0 Å². The van der Waals surface area contributed by atoms with Crippen LogP contribution < -0.4 is 20.8 Å². The highest BCUT2D eigenvalue weighted by Gasteiger charge is 2.27. The molecule has 2 aromatic rings. The zero-order valence-electron chi connectivity index (χ0n) is 18.0. The molecule has 4 N–H and O–H groups in total. The summed E-state index contributed by atoms with van der Waals surface area (Å²) in [6.45, 7) is 5.75. The molecule has 1 atom stereocenters. The molecule has 0 aliphatic carbocycles. The van der Waals surface area contributed by atoms with Crippen molar-refractivity contribution < 1.29 is 29.0 Å². The van der Waals surface area contributed by atoms with Gasteiger partial charge in [0.2, 0.25) is 23.0 Å². The van der Waals surface area contributed by atoms with Crippen molar-refractivity contribution in [1.82, 2.24) is 10.6 Å². The standard InChI is InChI=1S/C22H28N2O7/c1-12(2)10-23-20(28)11-24-19(27)9-15(14-5-6-16(25)18(8-14)30-4)22-21(29)17(26)7-13(3)31-22/h5-8,12,15,25,29H,9-11H2,1-4H3,(H,23,28)(H,24,27). The Morgan fingerprint density at radius 2 is 1.84 bits per heavy atom. The molecule has 0 radical (unpaired) electrons. The monoisotopic (exact) mass is 432 g/mol. The van der Waals surface area contributed by atoms with Crippen molar-refractivity contribution in [3.8, 4) is 17.2 Å². The summed E-state index contributed by atoms with van der Waals surface area (Å²) in [6, 6.07) is 5.55. The maximum Gasteiger partial charge on any atom is 0.239 e. The average molecular weight is 432 g/mol. The molecule has 168 valence electrons. The minimum Gasteiger partial charge on any atom is -0.504 e. The maximum atomic E-state index is 12.6. The highest BCUT2D eigenvalue weighted by Crippen LogP contribution is 2.37. The molecule has 0 fully saturated rings. The SMILES string of the molecule is COc1cc(C(CC(=O)NCC(=O)NCC(C)C)c2oc(C)cc(=O)c2O)ccc1O. The number of amides is 2. The van der Waals surface area contributed by atoms with Crippen molar-refractivity contribution in [3.05, 3.63) is 51.6 Å². The molecule has 0 saturated carbocycles. The topological polar surface area (TPSA) is 138 Å². The number of phenolic OH excluding ortho intramolecular Hbond substituents is 1. The van der Waals surface area contributed by atoms with E-state index >= 15 is 0 Å². The third-order valence-electron chi connectivity index (χ3n) is 4.54. The fraction of sp³-hybridized carbons (Fsp3) is 0.409. The molecule has 9 heteroatoms. The fourth-order valence-corrected chi connectivity index (χ4v) is 2.95. The van der Waals surface area contributed by atoms with Crippen molar-refractivity contribution in [2.75, 3.05) is 20.2 Å². The van der Waals surface area contributed by atoms with Gasteiger partial charge in [0.15, 0.2) is 17.3 Å². The van der Waals surface area contributed by atoms with Gasteiger partial charge in [0.1, 0.15) is 5.76 Å². The van der Waals surface area contributed by atoms with E-state index in [1.165, 1.54) is 25.3 Å². The zero-order chi connectivity index (χ0) is 23.1. The first-order chi connectivity index (χ1) is 14.6. The Balaban J connectivity index is 2.30. The molecule has 1 heterocycles. The first-order valence-electron chi connectivity index (χ1n) is 9.86. The molecule has 0 bridgehead atoms. The largest absolute Gasteiger partial charge is 0.504 e. The normalized spacial score (nSPS) is 11.8. The Hall–Kier alpha value is -3.49. The molecule has 0 aliphatic rings. The van der Waals surface area contributed by atoms with E-state index < -0.39 is 23.0 Å². The van der Waals surface area contributed by atoms with Crippen LogP contribution in [0, 0.1) is 12.8 Å². The second kappa shape index (κ2) is 10.5. The molecular weight excluding hydrogens is 404 g/mol. The molecule has 31 heavy (non-hydrogen) atoms. The van der Waals surface area contributed by atoms with Crippen LogP contribution in [0.1, 0.15) is 43.3 Å². The van der Waals surface area contributed by atoms with Gasteiger partial charge in [-0.1, -0.05) is 19.9 Å². The number of aromatic hydroxyl groups is 2. The summed E-state index contributed by atoms with van der Waals surface area (Å²) in [5, 5.41) is 25.4. The number of nitrogens with one attached hydrogen (secondary N) is 2. The van der Waals surface area contributed by atoms with E-state index in [0.29, 0.717) is 12.1 Å². The van der Waals surface area contributed by atoms with Gasteiger partial charge in [-0.25, -0.2) is 0 Å². The number of phenols is 1. The summed E-state index contributed by atoms with van der Waals surface area (Å²) >= 11 is 0. The van der Waals surface area contributed by atoms with Crippen LogP contribution in [0.2, 0.25) is 0 Å². The van der Waals surface area contributed by atoms with Crippen LogP contribution in [0.3, 0.4) is 0 Å². The lowest BCUT2D eigenvalue weighted by Crippen LogP contribution is -2.38. The predicted octanol–water partition coefficient (Wildman–Crippen LogP) is 1.78. The molecular formula is C22H28N2O7. The van der Waals surface area contributed by atoms with Gasteiger partial charge in [0, 0.05) is 19.0 Å². The molecule has 0 saturated heterocycles. The van der Waals surface area contributed by atoms with Crippen molar-refractivity contribution in [1.29, 1.82) is 0 Å². The predicted molar refractivity (Wildman–Crippen MR) is 113 cm³/mol. The summed E-state index contributed by atoms with van der Waals surface area (Å²) in [6.07, 6.45) is -0.217. The van der Waals surface area contributed by atoms with Gasteiger partial charge in [0.05, 0.1) is 19.6 Å². The number of methoxy groups -OCH3 is 1. The summed E-state index contributed by atoms with van der Waals surface area (Å²) in [5.74, 6) is -1.77. The number of benzene rings is 1. The van der Waals surface area contributed by atoms with Gasteiger partial charge in [0.25, 0.3) is 0 Å². The zero-order valence-corrected chi connectivity index (χ0v) is 18.0. The highest BCUT2D eigenvalue weighted by atomic mass is 16.5. The number of rotatable bonds is 9. The Morgan fingerprint density at radius 3 is 2.48 bits per heavy atom. The number of aryl methyl sites for hydroxylation is 1. The van der Waals surface area contributed by atoms with Crippen LogP contribution >= 0.6 is 0 Å². The summed E-state index contributed by atoms with van der Waals surface area (Å²) in [4.78, 5) is 36.5. The third kappa shape index (κ3) is 6.50. The Kier molecular flexibility index (Phi) is 8.07. The van der Waals surface area contributed by atoms with Crippen molar-refractivity contribution in [2.24, 2.45) is 5.92 Å². The average Bonchev–Trinajstić information content (AvgIpc) is 2.72. The van der Waals surface area contributed by atoms with Crippen molar-refractivity contribution in [2.45, 2.75) is 33.1 Å². The minimum absolute atomic E-state index is 0.0860. The van der Waals surface area contributed by atoms with E-state index in [1.54, 1.807) is 6.92 Å². The quantitative estimate of drug-likeness (QED) is 0.474. The lowest BCUT2D eigenvalue weighted by Gasteiger charge is -2.19. The smallest absolute Gasteiger partial charge is 0.239 e. The number of hydrogen-bond donors (Lipinski definition) is 4. The van der Waals surface area contributed by atoms with E-state index in [1.807, 2.05) is 13.8 Å². The molecule has 1 aromatic heterocycles. The van der Waals surface area contributed by atoms with Gasteiger partial charge < -0.3 is 30.0 Å². The third-order valence-corrected chi connectivity index (χ3v) is 4.54. The number of carbonyl (C=O) groups is 2. The second-order valence-corrected chi connectivity index (χ2v) is 7.60. The maximum absolute atomic E-state index is 12.6. The van der Waals surface area contributed by atoms with E-state index in [4.69, 9.17) is 9.15 Å². The van der Waals surface area contributed by atoms with E-state index in [-0.39, 0.29) is 47.8 Å². The van der Waals surface area contributed by atoms with Gasteiger partial charge in [-0.2, -0.15) is 0 Å². The lowest BCUT2D eigenvalue weighted by molar-refractivity contribution is -0.126. The number of ether oxygens (including phenoxy) is 1. The van der Waals surface area contributed by atoms with Crippen LogP contribution in [0.5, 0.6) is 17.2 Å². The van der Waals surface area contributed by atoms with Crippen LogP contribution in [-0.4, -0.2) is 42.2 Å². The van der Waals surface area contributed by atoms with Gasteiger partial charge in [-0.3, -0.25) is 14.4 Å². The molecule has 9 nitrogen and oxygen atoms in total. The van der Waals surface area contributed by atoms with E-state index in [9.17, 15) is 24.6 Å². The molecule has 2 rings (SSSR count). The molecule has 1 aromatic carbocycles. The molecule has 2 amide bonds. The second-order valence-electron chi connectivity index (χ2n) is 7.60. The minimum atomic E-state index is -0.860. The Bertz CT molecular complexity index is 998. The molecule has 1 unspecified atom stereocenters. The number of hydrogen-bond acceptors (Lipinski definition) is 7. The van der Waals surface area contributed by atoms with E-state index in [0.717, 1.165) is 6.07 Å². The highest BCUT2D eigenvalue weighted by molar-refractivity contribution is 5.85. The molecule has 0 aliphatic heterocycles. The summed E-state index contributed by atoms with van der Waals surface area (Å²) in [5.41, 5.74) is -0.166. The van der Waals surface area contributed by atoms with Gasteiger partial charge in [-0.05, 0) is 30.5 Å². The van der Waals surface area contributed by atoms with Crippen molar-refractivity contribution in [3.63, 3.8) is 0 Å². The van der Waals surface area contributed by atoms with Crippen LogP contribution in [-0.2, 0) is 9.59 Å². The van der Waals surface area contributed by atoms with Gasteiger partial charge >= 0.3 is 0 Å². The Labute approximate surface area is 180 Å². The van der Waals surface area contributed by atoms with Crippen molar-refractivity contribution >= 4 is 11.8 Å². The first-order valence-corrected chi connectivity index (χ1v) is 9.86. The first kappa shape index (κ1) is 23.8. The Morgan fingerprint density at radius 1 is 1.13 bits per heavy atom. The molecule has 0 spiro atoms. The summed E-state index contributed by atoms with van der Waals surface area (Å²) < 4.78 is 10.7. The van der Waals surface area contributed by atoms with Crippen LogP contribution in [0.15, 0.2) is 33.5 Å². The van der Waals surface area contributed by atoms with Crippen LogP contribution in [0.4, 0.5) is 0 Å². The van der Waals surface area contributed by atoms with E-state index in [2.05, 4.69) is 10.6 Å². The van der Waals surface area contributed by atoms with Gasteiger partial charge in [-0.15, -0.1) is 0 Å². The number of carbonyl (C=O) groups excluding carboxylic acids is 2.